The topological polar surface area (TPSA) is 73.1 Å². The predicted molar refractivity (Wildman–Crippen MR) is 40.5 cm³/mol. The first-order valence-corrected chi connectivity index (χ1v) is 4.95. The molecule has 0 spiro atoms. The van der Waals surface area contributed by atoms with Crippen LogP contribution in [0, 0.1) is 11.9 Å². The maximum atomic E-state index is 12.7. The van der Waals surface area contributed by atoms with Gasteiger partial charge in [-0.1, -0.05) is 0 Å². The molecule has 9 heteroatoms. The smallest absolute Gasteiger partial charge is 0.225 e. The Morgan fingerprint density at radius 3 is 2.27 bits per heavy atom. The molecule has 0 aliphatic rings. The third-order valence-electron chi connectivity index (χ3n) is 1.47. The average molecular weight is 244 g/mol. The normalized spacial score (nSPS) is 12.1. The Bertz CT molecular complexity index is 488. The molecular weight excluding hydrogens is 240 g/mol. The van der Waals surface area contributed by atoms with Crippen LogP contribution in [0.15, 0.2) is 11.0 Å². The highest BCUT2D eigenvalue weighted by Crippen LogP contribution is 2.27. The zero-order chi connectivity index (χ0) is 11.8. The molecule has 1 heterocycles. The van der Waals surface area contributed by atoms with Crippen molar-refractivity contribution in [3.63, 3.8) is 0 Å². The number of alkyl halides is 2. The van der Waals surface area contributed by atoms with Crippen molar-refractivity contribution in [1.29, 1.82) is 0 Å². The predicted octanol–water partition coefficient (Wildman–Crippen LogP) is 0.945. The van der Waals surface area contributed by atoms with E-state index in [1.54, 1.807) is 0 Å². The molecule has 15 heavy (non-hydrogen) atoms. The molecule has 1 aromatic heterocycles. The molecule has 0 saturated carbocycles. The lowest BCUT2D eigenvalue weighted by molar-refractivity contribution is 0.140. The zero-order valence-electron chi connectivity index (χ0n) is 6.92. The Morgan fingerprint density at radius 2 is 1.87 bits per heavy atom. The molecule has 0 unspecified atom stereocenters. The van der Waals surface area contributed by atoms with Gasteiger partial charge >= 0.3 is 0 Å². The molecule has 0 fully saturated rings. The van der Waals surface area contributed by atoms with E-state index < -0.39 is 38.8 Å². The van der Waals surface area contributed by atoms with Crippen LogP contribution in [0.2, 0.25) is 0 Å². The minimum absolute atomic E-state index is 0.139. The molecule has 0 atom stereocenters. The van der Waals surface area contributed by atoms with E-state index in [4.69, 9.17) is 0 Å². The summed E-state index contributed by atoms with van der Waals surface area (Å²) in [5.74, 6) is -3.44. The van der Waals surface area contributed by atoms with Gasteiger partial charge in [0.05, 0.1) is 10.5 Å². The van der Waals surface area contributed by atoms with Crippen LogP contribution >= 0.6 is 0 Å². The number of pyridine rings is 1. The van der Waals surface area contributed by atoms with E-state index in [1.807, 2.05) is 0 Å². The number of hydrogen-bond donors (Lipinski definition) is 1. The summed E-state index contributed by atoms with van der Waals surface area (Å²) >= 11 is 0. The van der Waals surface area contributed by atoms with Gasteiger partial charge in [0.25, 0.3) is 6.43 Å². The molecule has 1 aromatic rings. The Kier molecular flexibility index (Phi) is 2.95. The van der Waals surface area contributed by atoms with Crippen molar-refractivity contribution >= 4 is 10.0 Å². The van der Waals surface area contributed by atoms with E-state index in [9.17, 15) is 26.0 Å². The zero-order valence-corrected chi connectivity index (χ0v) is 7.73. The van der Waals surface area contributed by atoms with Gasteiger partial charge in [0, 0.05) is 6.07 Å². The molecule has 2 N–H and O–H groups in total. The van der Waals surface area contributed by atoms with Gasteiger partial charge < -0.3 is 0 Å². The summed E-state index contributed by atoms with van der Waals surface area (Å²) in [4.78, 5) is 1.13. The van der Waals surface area contributed by atoms with Crippen LogP contribution < -0.4 is 5.14 Å². The number of hydrogen-bond acceptors (Lipinski definition) is 3. The summed E-state index contributed by atoms with van der Waals surface area (Å²) in [6.07, 6.45) is -3.45. The van der Waals surface area contributed by atoms with Gasteiger partial charge in [0.1, 0.15) is 0 Å². The van der Waals surface area contributed by atoms with Gasteiger partial charge in [-0.25, -0.2) is 22.3 Å². The van der Waals surface area contributed by atoms with Gasteiger partial charge in [0.15, 0.2) is 0 Å². The van der Waals surface area contributed by atoms with E-state index in [-0.39, 0.29) is 6.07 Å². The second kappa shape index (κ2) is 3.74. The van der Waals surface area contributed by atoms with E-state index in [0.717, 1.165) is 0 Å². The van der Waals surface area contributed by atoms with Crippen LogP contribution in [-0.2, 0) is 10.0 Å². The van der Waals surface area contributed by atoms with Crippen molar-refractivity contribution in [3.8, 4) is 0 Å². The lowest BCUT2D eigenvalue weighted by Gasteiger charge is -2.06. The number of aromatic nitrogens is 1. The monoisotopic (exact) mass is 244 g/mol. The maximum absolute atomic E-state index is 12.7. The lowest BCUT2D eigenvalue weighted by Crippen LogP contribution is -2.17. The van der Waals surface area contributed by atoms with Gasteiger partial charge in [0.2, 0.25) is 21.9 Å². The highest BCUT2D eigenvalue weighted by Gasteiger charge is 2.27. The highest BCUT2D eigenvalue weighted by atomic mass is 32.2. The number of rotatable bonds is 2. The minimum atomic E-state index is -4.62. The van der Waals surface area contributed by atoms with Gasteiger partial charge in [-0.2, -0.15) is 13.8 Å². The molecule has 4 nitrogen and oxygen atoms in total. The van der Waals surface area contributed by atoms with Gasteiger partial charge in [-0.05, 0) is 0 Å². The Morgan fingerprint density at radius 1 is 1.33 bits per heavy atom. The van der Waals surface area contributed by atoms with Crippen LogP contribution in [0.4, 0.5) is 17.6 Å². The Balaban J connectivity index is 3.62. The molecular formula is C6H4F4N2O2S. The number of nitrogens with zero attached hydrogens (tertiary/aromatic N) is 1. The molecule has 0 amide bonds. The van der Waals surface area contributed by atoms with Crippen molar-refractivity contribution in [1.82, 2.24) is 4.98 Å². The molecule has 0 aromatic carbocycles. The fraction of sp³-hybridized carbons (Fsp3) is 0.167. The third-order valence-corrected chi connectivity index (χ3v) is 2.42. The van der Waals surface area contributed by atoms with Crippen LogP contribution in [0.1, 0.15) is 12.0 Å². The van der Waals surface area contributed by atoms with Crippen LogP contribution in [0.5, 0.6) is 0 Å². The molecule has 0 bridgehead atoms. The van der Waals surface area contributed by atoms with E-state index in [0.29, 0.717) is 0 Å². The van der Waals surface area contributed by atoms with Crippen LogP contribution in [0.25, 0.3) is 0 Å². The van der Waals surface area contributed by atoms with Gasteiger partial charge in [-0.3, -0.25) is 0 Å². The lowest BCUT2D eigenvalue weighted by atomic mass is 10.3. The minimum Gasteiger partial charge on any atom is -0.225 e. The van der Waals surface area contributed by atoms with Gasteiger partial charge in [-0.15, -0.1) is 0 Å². The number of halogens is 4. The fourth-order valence-corrected chi connectivity index (χ4v) is 1.65. The van der Waals surface area contributed by atoms with Crippen molar-refractivity contribution in [2.45, 2.75) is 11.3 Å². The number of nitrogens with two attached hydrogens (primary N) is 1. The third kappa shape index (κ3) is 2.42. The standard InChI is InChI=1S/C6H4F4N2O2S/c7-3-1-2(15(11,13)14)4(5(8)9)6(10)12-3/h1,5H,(H2,11,13,14). The molecule has 0 aliphatic carbocycles. The summed E-state index contributed by atoms with van der Waals surface area (Å²) in [5.41, 5.74) is -1.53. The summed E-state index contributed by atoms with van der Waals surface area (Å²) in [6, 6.07) is 0.139. The number of primary sulfonamides is 1. The second-order valence-corrected chi connectivity index (χ2v) is 4.02. The molecule has 1 rings (SSSR count). The first-order valence-electron chi connectivity index (χ1n) is 3.40. The summed E-state index contributed by atoms with van der Waals surface area (Å²) in [5, 5.41) is 4.51. The molecule has 0 saturated heterocycles. The van der Waals surface area contributed by atoms with Crippen molar-refractivity contribution in [2.75, 3.05) is 0 Å². The fourth-order valence-electron chi connectivity index (χ4n) is 0.907. The van der Waals surface area contributed by atoms with Crippen LogP contribution in [-0.4, -0.2) is 13.4 Å². The van der Waals surface area contributed by atoms with Crippen LogP contribution in [0.3, 0.4) is 0 Å². The van der Waals surface area contributed by atoms with E-state index in [2.05, 4.69) is 10.1 Å². The SMILES string of the molecule is NS(=O)(=O)c1cc(F)nc(F)c1C(F)F. The summed E-state index contributed by atoms with van der Waals surface area (Å²) in [6.45, 7) is 0. The van der Waals surface area contributed by atoms with Crippen molar-refractivity contribution in [3.05, 3.63) is 23.5 Å². The quantitative estimate of drug-likeness (QED) is 0.621. The average Bonchev–Trinajstić information content (AvgIpc) is 1.99. The largest absolute Gasteiger partial charge is 0.269 e. The maximum Gasteiger partial charge on any atom is 0.269 e. The Hall–Kier alpha value is -1.22. The number of sulfonamides is 1. The van der Waals surface area contributed by atoms with E-state index >= 15 is 0 Å². The second-order valence-electron chi connectivity index (χ2n) is 2.49. The van der Waals surface area contributed by atoms with Crippen molar-refractivity contribution < 1.29 is 26.0 Å². The molecule has 0 radical (unpaired) electrons. The van der Waals surface area contributed by atoms with E-state index in [1.165, 1.54) is 0 Å². The first-order chi connectivity index (χ1) is 6.73. The van der Waals surface area contributed by atoms with Crippen molar-refractivity contribution in [2.24, 2.45) is 5.14 Å². The molecule has 84 valence electrons. The first kappa shape index (κ1) is 11.9. The highest BCUT2D eigenvalue weighted by molar-refractivity contribution is 7.89. The molecule has 0 aliphatic heterocycles. The Labute approximate surface area is 81.8 Å². The summed E-state index contributed by atoms with van der Waals surface area (Å²) in [7, 11) is -4.62. The summed E-state index contributed by atoms with van der Waals surface area (Å²) < 4.78 is 71.2.